The maximum absolute atomic E-state index is 14.8. The van der Waals surface area contributed by atoms with Crippen molar-refractivity contribution in [2.75, 3.05) is 26.2 Å². The first-order chi connectivity index (χ1) is 16.0. The van der Waals surface area contributed by atoms with Gasteiger partial charge >= 0.3 is 25.7 Å². The van der Waals surface area contributed by atoms with E-state index < -0.39 is 61.9 Å². The molecule has 1 unspecified atom stereocenters. The number of phosphoric acid groups is 1. The highest BCUT2D eigenvalue weighted by Gasteiger charge is 2.56. The monoisotopic (exact) mass is 573 g/mol. The molecule has 36 heavy (non-hydrogen) atoms. The zero-order chi connectivity index (χ0) is 27.2. The Hall–Kier alpha value is -1.81. The van der Waals surface area contributed by atoms with Crippen LogP contribution in [0.2, 0.25) is 0 Å². The van der Waals surface area contributed by atoms with Gasteiger partial charge in [-0.25, -0.2) is 18.5 Å². The Morgan fingerprint density at radius 3 is 2.22 bits per heavy atom. The van der Waals surface area contributed by atoms with Crippen molar-refractivity contribution in [3.05, 3.63) is 33.1 Å². The largest absolute Gasteiger partial charge is 1.00 e. The van der Waals surface area contributed by atoms with E-state index in [1.807, 2.05) is 4.98 Å². The van der Waals surface area contributed by atoms with Crippen molar-refractivity contribution in [2.45, 2.75) is 58.0 Å². The Bertz CT molecular complexity index is 1010. The number of quaternary nitrogens is 1. The summed E-state index contributed by atoms with van der Waals surface area (Å²) in [6.45, 7) is 10.1. The molecule has 0 saturated carbocycles. The van der Waals surface area contributed by atoms with Gasteiger partial charge < -0.3 is 31.7 Å². The van der Waals surface area contributed by atoms with Crippen LogP contribution in [0.25, 0.3) is 0 Å². The maximum Gasteiger partial charge on any atom is 0.529 e. The molecular weight excluding hydrogens is 545 g/mol. The summed E-state index contributed by atoms with van der Waals surface area (Å²) in [5.74, 6) is -3.00. The van der Waals surface area contributed by atoms with E-state index in [1.165, 1.54) is 19.6 Å². The molecule has 0 aliphatic carbocycles. The zero-order valence-corrected chi connectivity index (χ0v) is 21.4. The second-order valence-corrected chi connectivity index (χ2v) is 8.97. The van der Waals surface area contributed by atoms with Crippen molar-refractivity contribution < 1.29 is 68.0 Å². The molecule has 12 nitrogen and oxygen atoms in total. The summed E-state index contributed by atoms with van der Waals surface area (Å²) in [4.78, 5) is 46.1. The predicted octanol–water partition coefficient (Wildman–Crippen LogP) is -3.32. The summed E-state index contributed by atoms with van der Waals surface area (Å²) in [7, 11) is -5.57. The van der Waals surface area contributed by atoms with Crippen LogP contribution in [0, 0.1) is 0 Å². The van der Waals surface area contributed by atoms with Crippen LogP contribution in [-0.2, 0) is 23.1 Å². The van der Waals surface area contributed by atoms with Gasteiger partial charge in [0.25, 0.3) is 5.56 Å². The highest BCUT2D eigenvalue weighted by molar-refractivity contribution is 7.48. The fourth-order valence-electron chi connectivity index (χ4n) is 3.06. The lowest BCUT2D eigenvalue weighted by atomic mass is 9.98. The molecule has 18 heteroatoms. The third-order valence-corrected chi connectivity index (χ3v) is 6.02. The predicted molar refractivity (Wildman–Crippen MR) is 111 cm³/mol. The molecule has 0 amide bonds. The highest BCUT2D eigenvalue weighted by Crippen LogP contribution is 2.47. The second-order valence-electron chi connectivity index (χ2n) is 7.59. The van der Waals surface area contributed by atoms with Gasteiger partial charge in [-0.1, -0.05) is 0 Å². The number of alkyl halides is 4. The van der Waals surface area contributed by atoms with Crippen LogP contribution in [-0.4, -0.2) is 75.8 Å². The van der Waals surface area contributed by atoms with Gasteiger partial charge in [-0.2, -0.15) is 13.2 Å². The number of aromatic nitrogens is 2. The first kappa shape index (κ1) is 34.2. The Balaban J connectivity index is 0.00000134. The van der Waals surface area contributed by atoms with E-state index in [-0.39, 0.29) is 12.4 Å². The Morgan fingerprint density at radius 2 is 1.81 bits per heavy atom. The molecule has 0 spiro atoms. The van der Waals surface area contributed by atoms with Crippen molar-refractivity contribution in [2.24, 2.45) is 0 Å². The molecule has 0 aromatic carbocycles. The number of hydrogen-bond acceptors (Lipinski definition) is 8. The highest BCUT2D eigenvalue weighted by atomic mass is 35.5. The van der Waals surface area contributed by atoms with Gasteiger partial charge in [0, 0.05) is 12.3 Å². The number of aromatic amines is 1. The number of carbonyl (C=O) groups excluding carboxylic acids is 1. The molecule has 1 aromatic heterocycles. The summed E-state index contributed by atoms with van der Waals surface area (Å²) in [5, 5.41) is 9.98. The zero-order valence-electron chi connectivity index (χ0n) is 19.8. The molecule has 1 saturated heterocycles. The number of nitrogens with zero attached hydrogens (tertiary/aromatic N) is 1. The molecule has 2 heterocycles. The standard InChI is InChI=1S/C12H13F4N2O9P.C6H15N.ClH/c1-11(13)7(20)5(4-25-28(23,24)27-9(21)12(14,15)16)26-8(11)18-3-2-6(19)17-10(18)22;1-4-7(5-2)6-3;/h2-3,5,7-8,20H,4H2,1H3,(H,23,24)(H,17,19,22);4-6H2,1-3H3;1H/t5-,7-,8-,11-;;/m1../s1. The average Bonchev–Trinajstić information content (AvgIpc) is 2.96. The first-order valence-corrected chi connectivity index (χ1v) is 11.9. The lowest BCUT2D eigenvalue weighted by Crippen LogP contribution is -3.11. The number of nitrogens with one attached hydrogen (secondary N) is 2. The number of phosphoric ester groups is 1. The van der Waals surface area contributed by atoms with Crippen LogP contribution in [0.5, 0.6) is 0 Å². The van der Waals surface area contributed by atoms with Gasteiger partial charge in [0.15, 0.2) is 11.9 Å². The number of hydrogen-bond donors (Lipinski definition) is 4. The topological polar surface area (TPSA) is 162 Å². The number of aliphatic hydroxyl groups is 1. The second kappa shape index (κ2) is 13.7. The fourth-order valence-corrected chi connectivity index (χ4v) is 3.76. The summed E-state index contributed by atoms with van der Waals surface area (Å²) in [6, 6.07) is 0.857. The minimum atomic E-state index is -5.57. The van der Waals surface area contributed by atoms with Gasteiger partial charge in [-0.3, -0.25) is 23.8 Å². The quantitative estimate of drug-likeness (QED) is 0.184. The van der Waals surface area contributed by atoms with E-state index >= 15 is 0 Å². The molecule has 1 aliphatic heterocycles. The molecule has 1 aromatic rings. The summed E-state index contributed by atoms with van der Waals surface area (Å²) in [5.41, 5.74) is -4.58. The van der Waals surface area contributed by atoms with Crippen molar-refractivity contribution in [3.8, 4) is 0 Å². The SMILES string of the molecule is CC[NH+](CC)CC.C[C@@]1(F)[C@H](O)[C@@H](COP(=O)(O)OC(=O)C(F)(F)F)O[C@H]1n1ccc(=O)[nH]c1=O.[Cl-]. The summed E-state index contributed by atoms with van der Waals surface area (Å²) >= 11 is 0. The third-order valence-electron chi connectivity index (χ3n) is 5.15. The molecule has 5 atom stereocenters. The number of carbonyl (C=O) groups is 1. The number of rotatable bonds is 8. The molecule has 0 radical (unpaired) electrons. The van der Waals surface area contributed by atoms with Gasteiger partial charge in [0.1, 0.15) is 12.2 Å². The molecule has 1 fully saturated rings. The number of H-pyrrole nitrogens is 1. The van der Waals surface area contributed by atoms with Crippen molar-refractivity contribution >= 4 is 13.8 Å². The van der Waals surface area contributed by atoms with E-state index in [0.29, 0.717) is 4.57 Å². The molecule has 2 rings (SSSR count). The van der Waals surface area contributed by atoms with E-state index in [0.717, 1.165) is 19.2 Å². The van der Waals surface area contributed by atoms with Crippen LogP contribution in [0.15, 0.2) is 21.9 Å². The van der Waals surface area contributed by atoms with E-state index in [4.69, 9.17) is 9.63 Å². The van der Waals surface area contributed by atoms with E-state index in [9.17, 15) is 41.6 Å². The molecular formula is C18H29ClF4N3O9P. The minimum absolute atomic E-state index is 0. The van der Waals surface area contributed by atoms with Crippen molar-refractivity contribution in [1.29, 1.82) is 0 Å². The fraction of sp³-hybridized carbons (Fsp3) is 0.722. The van der Waals surface area contributed by atoms with Crippen LogP contribution in [0.4, 0.5) is 17.6 Å². The molecule has 210 valence electrons. The Labute approximate surface area is 209 Å². The Morgan fingerprint density at radius 1 is 1.28 bits per heavy atom. The van der Waals surface area contributed by atoms with E-state index in [2.05, 4.69) is 29.8 Å². The third kappa shape index (κ3) is 9.25. The normalized spacial score (nSPS) is 25.4. The van der Waals surface area contributed by atoms with Gasteiger partial charge in [-0.15, -0.1) is 0 Å². The lowest BCUT2D eigenvalue weighted by Gasteiger charge is -2.24. The minimum Gasteiger partial charge on any atom is -1.00 e. The van der Waals surface area contributed by atoms with Crippen LogP contribution >= 0.6 is 7.82 Å². The number of ether oxygens (including phenoxy) is 1. The van der Waals surface area contributed by atoms with Crippen LogP contribution in [0.3, 0.4) is 0 Å². The van der Waals surface area contributed by atoms with Crippen LogP contribution in [0.1, 0.15) is 33.9 Å². The molecule has 0 bridgehead atoms. The van der Waals surface area contributed by atoms with Crippen molar-refractivity contribution in [1.82, 2.24) is 9.55 Å². The first-order valence-electron chi connectivity index (χ1n) is 10.5. The Kier molecular flexibility index (Phi) is 13.0. The smallest absolute Gasteiger partial charge is 0.529 e. The molecule has 4 N–H and O–H groups in total. The summed E-state index contributed by atoms with van der Waals surface area (Å²) in [6.07, 6.45) is -10.4. The number of halogens is 5. The van der Waals surface area contributed by atoms with Crippen LogP contribution < -0.4 is 28.6 Å². The molecule has 1 aliphatic rings. The maximum atomic E-state index is 14.8. The van der Waals surface area contributed by atoms with Gasteiger partial charge in [-0.05, 0) is 27.7 Å². The summed E-state index contributed by atoms with van der Waals surface area (Å²) < 4.78 is 75.5. The van der Waals surface area contributed by atoms with Gasteiger partial charge in [0.2, 0.25) is 0 Å². The number of aliphatic hydroxyl groups excluding tert-OH is 1. The van der Waals surface area contributed by atoms with E-state index in [1.54, 1.807) is 4.90 Å². The van der Waals surface area contributed by atoms with Crippen molar-refractivity contribution in [3.63, 3.8) is 0 Å². The van der Waals surface area contributed by atoms with Gasteiger partial charge in [0.05, 0.1) is 26.2 Å². The average molecular weight is 574 g/mol. The lowest BCUT2D eigenvalue weighted by molar-refractivity contribution is -0.894.